The fourth-order valence-electron chi connectivity index (χ4n) is 1.27. The van der Waals surface area contributed by atoms with Crippen LogP contribution in [0.15, 0.2) is 30.5 Å². The van der Waals surface area contributed by atoms with Gasteiger partial charge in [0.25, 0.3) is 0 Å². The van der Waals surface area contributed by atoms with Crippen LogP contribution in [0.25, 0.3) is 5.69 Å². The number of rotatable bonds is 2. The van der Waals surface area contributed by atoms with Gasteiger partial charge in [0.05, 0.1) is 5.69 Å². The molecular weight excluding hydrogens is 217 g/mol. The molecule has 0 fully saturated rings. The molecule has 0 unspecified atom stereocenters. The van der Waals surface area contributed by atoms with Crippen LogP contribution in [0, 0.1) is 5.82 Å². The smallest absolute Gasteiger partial charge is 0.148 e. The highest BCUT2D eigenvalue weighted by molar-refractivity contribution is 6.30. The van der Waals surface area contributed by atoms with Crippen LogP contribution in [0.5, 0.6) is 0 Å². The highest BCUT2D eigenvalue weighted by Gasteiger charge is 2.06. The van der Waals surface area contributed by atoms with E-state index >= 15 is 0 Å². The molecule has 0 atom stereocenters. The van der Waals surface area contributed by atoms with E-state index < -0.39 is 0 Å². The van der Waals surface area contributed by atoms with Gasteiger partial charge in [0.1, 0.15) is 11.5 Å². The lowest BCUT2D eigenvalue weighted by Gasteiger charge is -2.03. The topological polar surface area (TPSA) is 43.8 Å². The first-order valence-electron chi connectivity index (χ1n) is 4.41. The minimum atomic E-state index is -0.369. The second-order valence-electron chi connectivity index (χ2n) is 3.05. The Morgan fingerprint density at radius 1 is 1.40 bits per heavy atom. The van der Waals surface area contributed by atoms with Gasteiger partial charge in [-0.1, -0.05) is 11.6 Å². The monoisotopic (exact) mass is 225 g/mol. The number of aromatic nitrogens is 2. The molecule has 0 radical (unpaired) electrons. The summed E-state index contributed by atoms with van der Waals surface area (Å²) in [5.74, 6) is -0.369. The summed E-state index contributed by atoms with van der Waals surface area (Å²) in [6.07, 6.45) is 1.65. The fourth-order valence-corrected chi connectivity index (χ4v) is 1.43. The van der Waals surface area contributed by atoms with Crippen molar-refractivity contribution < 1.29 is 4.39 Å². The molecule has 2 N–H and O–H groups in total. The number of nitrogens with zero attached hydrogens (tertiary/aromatic N) is 2. The van der Waals surface area contributed by atoms with Crippen molar-refractivity contribution in [2.75, 3.05) is 0 Å². The molecule has 0 saturated heterocycles. The number of hydrogen-bond donors (Lipinski definition) is 1. The van der Waals surface area contributed by atoms with Crippen LogP contribution in [0.1, 0.15) is 5.69 Å². The van der Waals surface area contributed by atoms with E-state index in [-0.39, 0.29) is 5.82 Å². The molecule has 1 heterocycles. The van der Waals surface area contributed by atoms with Crippen LogP contribution < -0.4 is 5.73 Å². The Balaban J connectivity index is 2.48. The third kappa shape index (κ3) is 2.00. The van der Waals surface area contributed by atoms with Gasteiger partial charge in [-0.25, -0.2) is 9.07 Å². The van der Waals surface area contributed by atoms with Crippen molar-refractivity contribution in [3.05, 3.63) is 47.0 Å². The van der Waals surface area contributed by atoms with Crippen LogP contribution >= 0.6 is 11.6 Å². The molecule has 0 aliphatic rings. The number of halogens is 2. The molecule has 0 spiro atoms. The van der Waals surface area contributed by atoms with Crippen LogP contribution in [0.3, 0.4) is 0 Å². The van der Waals surface area contributed by atoms with E-state index in [9.17, 15) is 4.39 Å². The van der Waals surface area contributed by atoms with Crippen LogP contribution in [0.2, 0.25) is 5.02 Å². The van der Waals surface area contributed by atoms with Crippen molar-refractivity contribution in [2.45, 2.75) is 6.54 Å². The zero-order valence-corrected chi connectivity index (χ0v) is 8.58. The van der Waals surface area contributed by atoms with Gasteiger partial charge >= 0.3 is 0 Å². The van der Waals surface area contributed by atoms with Gasteiger partial charge in [0.2, 0.25) is 0 Å². The summed E-state index contributed by atoms with van der Waals surface area (Å²) in [7, 11) is 0. The molecule has 3 nitrogen and oxygen atoms in total. The minimum Gasteiger partial charge on any atom is -0.325 e. The number of hydrogen-bond acceptors (Lipinski definition) is 2. The van der Waals surface area contributed by atoms with E-state index in [1.54, 1.807) is 12.3 Å². The van der Waals surface area contributed by atoms with E-state index in [0.717, 1.165) is 0 Å². The van der Waals surface area contributed by atoms with Crippen molar-refractivity contribution >= 4 is 11.6 Å². The van der Waals surface area contributed by atoms with Gasteiger partial charge in [0.15, 0.2) is 0 Å². The average molecular weight is 226 g/mol. The Morgan fingerprint density at radius 2 is 2.20 bits per heavy atom. The van der Waals surface area contributed by atoms with Crippen molar-refractivity contribution in [3.63, 3.8) is 0 Å². The lowest BCUT2D eigenvalue weighted by molar-refractivity contribution is 0.609. The maximum atomic E-state index is 13.4. The maximum Gasteiger partial charge on any atom is 0.148 e. The van der Waals surface area contributed by atoms with E-state index in [1.807, 2.05) is 0 Å². The van der Waals surface area contributed by atoms with Crippen LogP contribution in [-0.4, -0.2) is 9.78 Å². The second-order valence-corrected chi connectivity index (χ2v) is 3.49. The summed E-state index contributed by atoms with van der Waals surface area (Å²) in [5.41, 5.74) is 6.44. The van der Waals surface area contributed by atoms with Crippen molar-refractivity contribution in [1.82, 2.24) is 9.78 Å². The quantitative estimate of drug-likeness (QED) is 0.851. The van der Waals surface area contributed by atoms with E-state index in [0.29, 0.717) is 22.9 Å². The third-order valence-electron chi connectivity index (χ3n) is 2.01. The van der Waals surface area contributed by atoms with E-state index in [4.69, 9.17) is 17.3 Å². The Morgan fingerprint density at radius 3 is 2.87 bits per heavy atom. The third-order valence-corrected chi connectivity index (χ3v) is 2.24. The highest BCUT2D eigenvalue weighted by Crippen LogP contribution is 2.18. The predicted octanol–water partition coefficient (Wildman–Crippen LogP) is 2.12. The zero-order valence-electron chi connectivity index (χ0n) is 7.82. The normalized spacial score (nSPS) is 10.6. The van der Waals surface area contributed by atoms with Gasteiger partial charge in [-0.05, 0) is 24.3 Å². The molecule has 0 bridgehead atoms. The first-order chi connectivity index (χ1) is 7.20. The second kappa shape index (κ2) is 4.00. The molecule has 15 heavy (non-hydrogen) atoms. The molecule has 5 heteroatoms. The molecule has 0 saturated carbocycles. The van der Waals surface area contributed by atoms with Gasteiger partial charge in [0, 0.05) is 17.8 Å². The molecule has 2 aromatic rings. The summed E-state index contributed by atoms with van der Waals surface area (Å²) < 4.78 is 14.8. The van der Waals surface area contributed by atoms with Gasteiger partial charge < -0.3 is 5.73 Å². The minimum absolute atomic E-state index is 0.321. The Kier molecular flexibility index (Phi) is 2.70. The van der Waals surface area contributed by atoms with Gasteiger partial charge in [-0.15, -0.1) is 0 Å². The summed E-state index contributed by atoms with van der Waals surface area (Å²) in [6, 6.07) is 6.06. The summed E-state index contributed by atoms with van der Waals surface area (Å²) in [4.78, 5) is 0. The summed E-state index contributed by atoms with van der Waals surface area (Å²) in [6.45, 7) is 0.329. The molecule has 0 amide bonds. The maximum absolute atomic E-state index is 13.4. The van der Waals surface area contributed by atoms with Crippen molar-refractivity contribution in [3.8, 4) is 5.69 Å². The molecule has 1 aromatic heterocycles. The summed E-state index contributed by atoms with van der Waals surface area (Å²) >= 11 is 5.77. The van der Waals surface area contributed by atoms with Gasteiger partial charge in [-0.2, -0.15) is 5.10 Å². The lowest BCUT2D eigenvalue weighted by Crippen LogP contribution is -2.02. The molecule has 1 aromatic carbocycles. The number of benzene rings is 1. The van der Waals surface area contributed by atoms with Crippen molar-refractivity contribution in [1.29, 1.82) is 0 Å². The Bertz CT molecular complexity index is 481. The average Bonchev–Trinajstić information content (AvgIpc) is 2.70. The Labute approximate surface area is 91.3 Å². The van der Waals surface area contributed by atoms with Crippen LogP contribution in [-0.2, 0) is 6.54 Å². The van der Waals surface area contributed by atoms with E-state index in [1.165, 1.54) is 22.9 Å². The molecule has 2 rings (SSSR count). The molecular formula is C10H9ClFN3. The molecule has 78 valence electrons. The molecule has 0 aliphatic heterocycles. The first-order valence-corrected chi connectivity index (χ1v) is 4.78. The number of nitrogens with two attached hydrogens (primary N) is 1. The molecule has 0 aliphatic carbocycles. The largest absolute Gasteiger partial charge is 0.325 e. The van der Waals surface area contributed by atoms with E-state index in [2.05, 4.69) is 5.10 Å². The standard InChI is InChI=1S/C10H9ClFN3/c11-7-1-2-9(12)10(5-7)15-4-3-8(6-13)14-15/h1-5H,6,13H2. The fraction of sp³-hybridized carbons (Fsp3) is 0.100. The van der Waals surface area contributed by atoms with Crippen molar-refractivity contribution in [2.24, 2.45) is 5.73 Å². The van der Waals surface area contributed by atoms with Crippen LogP contribution in [0.4, 0.5) is 4.39 Å². The lowest BCUT2D eigenvalue weighted by atomic mass is 10.3. The first kappa shape index (κ1) is 10.1. The Hall–Kier alpha value is -1.39. The predicted molar refractivity (Wildman–Crippen MR) is 56.4 cm³/mol. The van der Waals surface area contributed by atoms with Gasteiger partial charge in [-0.3, -0.25) is 0 Å². The summed E-state index contributed by atoms with van der Waals surface area (Å²) in [5, 5.41) is 4.56. The zero-order chi connectivity index (χ0) is 10.8. The highest BCUT2D eigenvalue weighted by atomic mass is 35.5. The SMILES string of the molecule is NCc1ccn(-c2cc(Cl)ccc2F)n1.